The number of ether oxygens (including phenoxy) is 1. The summed E-state index contributed by atoms with van der Waals surface area (Å²) >= 11 is 0. The van der Waals surface area contributed by atoms with Crippen LogP contribution in [0.3, 0.4) is 0 Å². The Labute approximate surface area is 205 Å². The molecule has 8 heteroatoms. The van der Waals surface area contributed by atoms with Gasteiger partial charge in [0.25, 0.3) is 10.0 Å². The summed E-state index contributed by atoms with van der Waals surface area (Å²) in [5.41, 5.74) is 4.57. The molecule has 4 rings (SSSR count). The molecule has 1 N–H and O–H groups in total. The topological polar surface area (TPSA) is 92.8 Å². The molecule has 180 valence electrons. The van der Waals surface area contributed by atoms with Crippen molar-refractivity contribution in [2.75, 3.05) is 19.0 Å². The highest BCUT2D eigenvalue weighted by Gasteiger charge is 2.41. The van der Waals surface area contributed by atoms with Crippen molar-refractivity contribution in [2.24, 2.45) is 0 Å². The summed E-state index contributed by atoms with van der Waals surface area (Å²) in [6, 6.07) is 19.3. The van der Waals surface area contributed by atoms with Crippen LogP contribution in [0.25, 0.3) is 5.57 Å². The fourth-order valence-electron chi connectivity index (χ4n) is 4.44. The quantitative estimate of drug-likeness (QED) is 0.542. The van der Waals surface area contributed by atoms with Gasteiger partial charge >= 0.3 is 5.97 Å². The Morgan fingerprint density at radius 2 is 1.51 bits per heavy atom. The van der Waals surface area contributed by atoms with E-state index in [-0.39, 0.29) is 10.6 Å². The van der Waals surface area contributed by atoms with Crippen LogP contribution >= 0.6 is 0 Å². The minimum atomic E-state index is -4.23. The van der Waals surface area contributed by atoms with E-state index in [0.29, 0.717) is 22.4 Å². The Morgan fingerprint density at radius 1 is 0.914 bits per heavy atom. The lowest BCUT2D eigenvalue weighted by Crippen LogP contribution is -2.43. The number of rotatable bonds is 5. The van der Waals surface area contributed by atoms with Gasteiger partial charge in [0.05, 0.1) is 12.0 Å². The van der Waals surface area contributed by atoms with Crippen molar-refractivity contribution >= 4 is 33.2 Å². The van der Waals surface area contributed by atoms with Crippen molar-refractivity contribution < 1.29 is 22.7 Å². The number of methoxy groups -OCH3 is 1. The van der Waals surface area contributed by atoms with Gasteiger partial charge in [-0.2, -0.15) is 0 Å². The summed E-state index contributed by atoms with van der Waals surface area (Å²) < 4.78 is 33.2. The number of carbonyl (C=O) groups excluding carboxylic acids is 2. The first kappa shape index (κ1) is 24.2. The van der Waals surface area contributed by atoms with Gasteiger partial charge in [-0.1, -0.05) is 66.2 Å². The molecule has 1 amide bonds. The van der Waals surface area contributed by atoms with Gasteiger partial charge in [0.1, 0.15) is 12.2 Å². The molecule has 0 bridgehead atoms. The fourth-order valence-corrected chi connectivity index (χ4v) is 6.07. The summed E-state index contributed by atoms with van der Waals surface area (Å²) in [4.78, 5) is 26.2. The summed E-state index contributed by atoms with van der Waals surface area (Å²) in [6.45, 7) is 5.11. The van der Waals surface area contributed by atoms with Crippen molar-refractivity contribution in [1.82, 2.24) is 4.31 Å². The standard InChI is InChI=1S/C27H26N2O5S/c1-17-14-18(2)25(19(3)15-17)28-23(30)16-29-26(27(31)34-4)24(20-10-6-5-7-11-20)21-12-8-9-13-22(21)35(29,32)33/h5-15H,16H2,1-4H3,(H,28,30). The van der Waals surface area contributed by atoms with Crippen LogP contribution in [0.1, 0.15) is 27.8 Å². The predicted octanol–water partition coefficient (Wildman–Crippen LogP) is 4.19. The Bertz CT molecular complexity index is 1440. The van der Waals surface area contributed by atoms with Gasteiger partial charge in [-0.3, -0.25) is 4.79 Å². The molecule has 0 atom stereocenters. The molecule has 0 saturated carbocycles. The van der Waals surface area contributed by atoms with Crippen molar-refractivity contribution in [3.05, 3.63) is 100 Å². The zero-order valence-electron chi connectivity index (χ0n) is 20.0. The van der Waals surface area contributed by atoms with Crippen LogP contribution < -0.4 is 5.32 Å². The molecule has 0 unspecified atom stereocenters. The molecule has 0 aromatic heterocycles. The second kappa shape index (κ2) is 9.38. The van der Waals surface area contributed by atoms with Crippen LogP contribution in [-0.2, 0) is 24.3 Å². The fraction of sp³-hybridized carbons (Fsp3) is 0.185. The number of fused-ring (bicyclic) bond motifs is 1. The van der Waals surface area contributed by atoms with E-state index in [2.05, 4.69) is 5.32 Å². The van der Waals surface area contributed by atoms with Crippen molar-refractivity contribution in [3.63, 3.8) is 0 Å². The minimum Gasteiger partial charge on any atom is -0.464 e. The average Bonchev–Trinajstić information content (AvgIpc) is 2.83. The second-order valence-electron chi connectivity index (χ2n) is 8.41. The minimum absolute atomic E-state index is 0.0157. The molecule has 3 aromatic carbocycles. The van der Waals surface area contributed by atoms with E-state index in [4.69, 9.17) is 4.74 Å². The average molecular weight is 491 g/mol. The van der Waals surface area contributed by atoms with E-state index in [0.717, 1.165) is 21.0 Å². The number of esters is 1. The third kappa shape index (κ3) is 4.44. The highest BCUT2D eigenvalue weighted by atomic mass is 32.2. The van der Waals surface area contributed by atoms with Crippen LogP contribution in [0.15, 0.2) is 77.3 Å². The third-order valence-electron chi connectivity index (χ3n) is 5.88. The molecule has 0 aliphatic carbocycles. The highest BCUT2D eigenvalue weighted by Crippen LogP contribution is 2.40. The number of benzene rings is 3. The first-order valence-electron chi connectivity index (χ1n) is 11.0. The van der Waals surface area contributed by atoms with Gasteiger partial charge in [0.15, 0.2) is 0 Å². The van der Waals surface area contributed by atoms with Crippen LogP contribution in [0.2, 0.25) is 0 Å². The third-order valence-corrected chi connectivity index (χ3v) is 7.68. The van der Waals surface area contributed by atoms with E-state index in [1.54, 1.807) is 42.5 Å². The Kier molecular flexibility index (Phi) is 6.49. The Hall–Kier alpha value is -3.91. The number of anilines is 1. The first-order chi connectivity index (χ1) is 16.6. The molecule has 1 aliphatic rings. The van der Waals surface area contributed by atoms with E-state index >= 15 is 0 Å². The molecule has 35 heavy (non-hydrogen) atoms. The number of sulfonamides is 1. The highest BCUT2D eigenvalue weighted by molar-refractivity contribution is 7.89. The second-order valence-corrected chi connectivity index (χ2v) is 10.2. The van der Waals surface area contributed by atoms with Crippen LogP contribution in [0.5, 0.6) is 0 Å². The van der Waals surface area contributed by atoms with E-state index in [1.165, 1.54) is 13.2 Å². The Morgan fingerprint density at radius 3 is 2.14 bits per heavy atom. The van der Waals surface area contributed by atoms with Gasteiger partial charge in [-0.05, 0) is 43.5 Å². The summed E-state index contributed by atoms with van der Waals surface area (Å²) in [7, 11) is -3.05. The van der Waals surface area contributed by atoms with Crippen molar-refractivity contribution in [3.8, 4) is 0 Å². The maximum Gasteiger partial charge on any atom is 0.356 e. The van der Waals surface area contributed by atoms with Crippen LogP contribution in [0, 0.1) is 20.8 Å². The van der Waals surface area contributed by atoms with Crippen molar-refractivity contribution in [1.29, 1.82) is 0 Å². The predicted molar refractivity (Wildman–Crippen MR) is 134 cm³/mol. The smallest absolute Gasteiger partial charge is 0.356 e. The van der Waals surface area contributed by atoms with Gasteiger partial charge in [0, 0.05) is 16.8 Å². The monoisotopic (exact) mass is 490 g/mol. The number of nitrogens with zero attached hydrogens (tertiary/aromatic N) is 1. The lowest BCUT2D eigenvalue weighted by Gasteiger charge is -2.32. The molecule has 0 spiro atoms. The maximum absolute atomic E-state index is 13.7. The lowest BCUT2D eigenvalue weighted by atomic mass is 9.95. The Balaban J connectivity index is 1.87. The number of hydrogen-bond donors (Lipinski definition) is 1. The van der Waals surface area contributed by atoms with Gasteiger partial charge in [-0.15, -0.1) is 0 Å². The number of hydrogen-bond acceptors (Lipinski definition) is 5. The molecular weight excluding hydrogens is 464 g/mol. The maximum atomic E-state index is 13.7. The van der Waals surface area contributed by atoms with Crippen molar-refractivity contribution in [2.45, 2.75) is 25.7 Å². The number of nitrogens with one attached hydrogen (secondary N) is 1. The molecule has 3 aromatic rings. The summed E-state index contributed by atoms with van der Waals surface area (Å²) in [5.74, 6) is -1.42. The molecule has 0 radical (unpaired) electrons. The largest absolute Gasteiger partial charge is 0.464 e. The van der Waals surface area contributed by atoms with E-state index in [9.17, 15) is 18.0 Å². The normalized spacial score (nSPS) is 14.3. The lowest BCUT2D eigenvalue weighted by molar-refractivity contribution is -0.137. The van der Waals surface area contributed by atoms with Gasteiger partial charge < -0.3 is 10.1 Å². The van der Waals surface area contributed by atoms with E-state index < -0.39 is 28.4 Å². The number of carbonyl (C=O) groups is 2. The molecule has 1 heterocycles. The zero-order valence-corrected chi connectivity index (χ0v) is 20.8. The number of amides is 1. The zero-order chi connectivity index (χ0) is 25.3. The van der Waals surface area contributed by atoms with Gasteiger partial charge in [-0.25, -0.2) is 17.5 Å². The first-order valence-corrected chi connectivity index (χ1v) is 12.5. The molecule has 0 saturated heterocycles. The summed E-state index contributed by atoms with van der Waals surface area (Å²) in [6.07, 6.45) is 0. The SMILES string of the molecule is COC(=O)C1=C(c2ccccc2)c2ccccc2S(=O)(=O)N1CC(=O)Nc1c(C)cc(C)cc1C. The molecule has 1 aliphatic heterocycles. The molecule has 7 nitrogen and oxygen atoms in total. The molecule has 0 fully saturated rings. The number of aryl methyl sites for hydroxylation is 3. The van der Waals surface area contributed by atoms with E-state index in [1.807, 2.05) is 39.0 Å². The molecular formula is C27H26N2O5S. The summed E-state index contributed by atoms with van der Waals surface area (Å²) in [5, 5.41) is 2.83. The van der Waals surface area contributed by atoms with Crippen LogP contribution in [0.4, 0.5) is 5.69 Å². The van der Waals surface area contributed by atoms with Gasteiger partial charge in [0.2, 0.25) is 5.91 Å². The van der Waals surface area contributed by atoms with Crippen LogP contribution in [-0.4, -0.2) is 38.3 Å².